The van der Waals surface area contributed by atoms with E-state index in [1.807, 2.05) is 19.1 Å². The molecule has 1 saturated heterocycles. The molecule has 0 aliphatic carbocycles. The first-order valence-electron chi connectivity index (χ1n) is 5.73. The van der Waals surface area contributed by atoms with Crippen LogP contribution in [0.4, 0.5) is 0 Å². The smallest absolute Gasteiger partial charge is 0.192 e. The van der Waals surface area contributed by atoms with Crippen LogP contribution in [0.25, 0.3) is 0 Å². The van der Waals surface area contributed by atoms with Crippen LogP contribution in [0.5, 0.6) is 0 Å². The minimum absolute atomic E-state index is 0.120. The van der Waals surface area contributed by atoms with Crippen LogP contribution in [-0.2, 0) is 15.3 Å². The Labute approximate surface area is 96.5 Å². The van der Waals surface area contributed by atoms with Gasteiger partial charge in [-0.05, 0) is 32.4 Å². The van der Waals surface area contributed by atoms with E-state index in [-0.39, 0.29) is 6.10 Å². The van der Waals surface area contributed by atoms with Gasteiger partial charge in [-0.2, -0.15) is 0 Å². The summed E-state index contributed by atoms with van der Waals surface area (Å²) in [6.07, 6.45) is 0.969. The number of benzene rings is 1. The minimum atomic E-state index is -0.606. The number of aryl methyl sites for hydroxylation is 1. The number of nitrogens with two attached hydrogens (primary N) is 1. The third-order valence-corrected chi connectivity index (χ3v) is 3.06. The van der Waals surface area contributed by atoms with E-state index in [9.17, 15) is 0 Å². The lowest BCUT2D eigenvalue weighted by Gasteiger charge is -2.25. The van der Waals surface area contributed by atoms with Crippen molar-refractivity contribution < 1.29 is 9.47 Å². The van der Waals surface area contributed by atoms with Crippen molar-refractivity contribution >= 4 is 0 Å². The molecule has 0 radical (unpaired) electrons. The fraction of sp³-hybridized carbons (Fsp3) is 0.538. The predicted octanol–water partition coefficient (Wildman–Crippen LogP) is 1.93. The molecule has 1 heterocycles. The molecule has 16 heavy (non-hydrogen) atoms. The molecule has 1 fully saturated rings. The SMILES string of the molecule is Cc1ccccc1C1(C)OCC(CCN)O1. The summed E-state index contributed by atoms with van der Waals surface area (Å²) in [5, 5.41) is 0. The van der Waals surface area contributed by atoms with E-state index in [4.69, 9.17) is 15.2 Å². The van der Waals surface area contributed by atoms with Gasteiger partial charge in [-0.3, -0.25) is 0 Å². The van der Waals surface area contributed by atoms with Gasteiger partial charge in [0.15, 0.2) is 5.79 Å². The van der Waals surface area contributed by atoms with Gasteiger partial charge < -0.3 is 15.2 Å². The first kappa shape index (κ1) is 11.6. The molecule has 2 unspecified atom stereocenters. The van der Waals surface area contributed by atoms with Gasteiger partial charge >= 0.3 is 0 Å². The molecule has 1 aliphatic heterocycles. The molecule has 1 aromatic carbocycles. The van der Waals surface area contributed by atoms with Crippen molar-refractivity contribution in [3.63, 3.8) is 0 Å². The van der Waals surface area contributed by atoms with Crippen molar-refractivity contribution in [2.45, 2.75) is 32.2 Å². The second-order valence-electron chi connectivity index (χ2n) is 4.39. The minimum Gasteiger partial charge on any atom is -0.343 e. The Bertz CT molecular complexity index is 367. The second-order valence-corrected chi connectivity index (χ2v) is 4.39. The zero-order valence-corrected chi connectivity index (χ0v) is 9.90. The molecular formula is C13H19NO2. The highest BCUT2D eigenvalue weighted by molar-refractivity contribution is 5.29. The van der Waals surface area contributed by atoms with Crippen molar-refractivity contribution in [1.29, 1.82) is 0 Å². The summed E-state index contributed by atoms with van der Waals surface area (Å²) in [6, 6.07) is 8.16. The van der Waals surface area contributed by atoms with Crippen LogP contribution >= 0.6 is 0 Å². The molecule has 2 N–H and O–H groups in total. The van der Waals surface area contributed by atoms with E-state index in [1.54, 1.807) is 0 Å². The third-order valence-electron chi connectivity index (χ3n) is 3.06. The molecule has 0 amide bonds. The van der Waals surface area contributed by atoms with Crippen LogP contribution in [0.1, 0.15) is 24.5 Å². The standard InChI is InChI=1S/C13H19NO2/c1-10-5-3-4-6-12(10)13(2)15-9-11(16-13)7-8-14/h3-6,11H,7-9,14H2,1-2H3. The zero-order chi connectivity index (χ0) is 11.6. The number of rotatable bonds is 3. The number of hydrogen-bond acceptors (Lipinski definition) is 3. The van der Waals surface area contributed by atoms with Crippen LogP contribution in [-0.4, -0.2) is 19.3 Å². The van der Waals surface area contributed by atoms with Crippen molar-refractivity contribution in [1.82, 2.24) is 0 Å². The molecule has 0 spiro atoms. The maximum absolute atomic E-state index is 5.95. The Morgan fingerprint density at radius 3 is 2.88 bits per heavy atom. The van der Waals surface area contributed by atoms with E-state index in [2.05, 4.69) is 19.1 Å². The topological polar surface area (TPSA) is 44.5 Å². The first-order chi connectivity index (χ1) is 7.65. The van der Waals surface area contributed by atoms with Crippen LogP contribution in [0.2, 0.25) is 0 Å². The van der Waals surface area contributed by atoms with Gasteiger partial charge in [0.2, 0.25) is 0 Å². The summed E-state index contributed by atoms with van der Waals surface area (Å²) in [7, 11) is 0. The van der Waals surface area contributed by atoms with E-state index in [1.165, 1.54) is 5.56 Å². The second kappa shape index (κ2) is 4.53. The Morgan fingerprint density at radius 1 is 1.44 bits per heavy atom. The summed E-state index contributed by atoms with van der Waals surface area (Å²) < 4.78 is 11.7. The van der Waals surface area contributed by atoms with Crippen LogP contribution in [0.3, 0.4) is 0 Å². The van der Waals surface area contributed by atoms with Gasteiger partial charge in [-0.15, -0.1) is 0 Å². The highest BCUT2D eigenvalue weighted by Crippen LogP contribution is 2.36. The molecular weight excluding hydrogens is 202 g/mol. The maximum Gasteiger partial charge on any atom is 0.192 e. The van der Waals surface area contributed by atoms with Crippen LogP contribution in [0.15, 0.2) is 24.3 Å². The first-order valence-corrected chi connectivity index (χ1v) is 5.73. The van der Waals surface area contributed by atoms with Crippen LogP contribution < -0.4 is 5.73 Å². The van der Waals surface area contributed by atoms with Gasteiger partial charge in [0, 0.05) is 5.56 Å². The Kier molecular flexibility index (Phi) is 3.28. The molecule has 1 aliphatic rings. The molecule has 0 aromatic heterocycles. The summed E-state index contributed by atoms with van der Waals surface area (Å²) >= 11 is 0. The van der Waals surface area contributed by atoms with Crippen molar-refractivity contribution in [3.8, 4) is 0 Å². The lowest BCUT2D eigenvalue weighted by atomic mass is 10.0. The lowest BCUT2D eigenvalue weighted by Crippen LogP contribution is -2.25. The molecule has 88 valence electrons. The Balaban J connectivity index is 2.18. The van der Waals surface area contributed by atoms with Gasteiger partial charge in [-0.25, -0.2) is 0 Å². The summed E-state index contributed by atoms with van der Waals surface area (Å²) in [4.78, 5) is 0. The Morgan fingerprint density at radius 2 is 2.19 bits per heavy atom. The third kappa shape index (κ3) is 2.12. The molecule has 3 nitrogen and oxygen atoms in total. The normalized spacial score (nSPS) is 29.6. The molecule has 1 aromatic rings. The largest absolute Gasteiger partial charge is 0.343 e. The highest BCUT2D eigenvalue weighted by Gasteiger charge is 2.39. The van der Waals surface area contributed by atoms with E-state index < -0.39 is 5.79 Å². The number of hydrogen-bond donors (Lipinski definition) is 1. The summed E-state index contributed by atoms with van der Waals surface area (Å²) in [5.41, 5.74) is 7.83. The fourth-order valence-electron chi connectivity index (χ4n) is 2.19. The zero-order valence-electron chi connectivity index (χ0n) is 9.90. The molecule has 2 atom stereocenters. The van der Waals surface area contributed by atoms with Crippen molar-refractivity contribution in [2.75, 3.05) is 13.2 Å². The van der Waals surface area contributed by atoms with Gasteiger partial charge in [0.1, 0.15) is 0 Å². The predicted molar refractivity (Wildman–Crippen MR) is 63.0 cm³/mol. The highest BCUT2D eigenvalue weighted by atomic mass is 16.7. The molecule has 0 bridgehead atoms. The summed E-state index contributed by atoms with van der Waals surface area (Å²) in [5.74, 6) is -0.606. The van der Waals surface area contributed by atoms with Gasteiger partial charge in [0.25, 0.3) is 0 Å². The Hall–Kier alpha value is -0.900. The number of ether oxygens (including phenoxy) is 2. The molecule has 0 saturated carbocycles. The molecule has 3 heteroatoms. The van der Waals surface area contributed by atoms with Crippen molar-refractivity contribution in [2.24, 2.45) is 5.73 Å². The van der Waals surface area contributed by atoms with E-state index >= 15 is 0 Å². The lowest BCUT2D eigenvalue weighted by molar-refractivity contribution is -0.162. The maximum atomic E-state index is 5.95. The quantitative estimate of drug-likeness (QED) is 0.848. The van der Waals surface area contributed by atoms with Gasteiger partial charge in [0.05, 0.1) is 12.7 Å². The summed E-state index contributed by atoms with van der Waals surface area (Å²) in [6.45, 7) is 5.31. The van der Waals surface area contributed by atoms with Crippen molar-refractivity contribution in [3.05, 3.63) is 35.4 Å². The van der Waals surface area contributed by atoms with E-state index in [0.29, 0.717) is 13.2 Å². The van der Waals surface area contributed by atoms with Crippen LogP contribution in [0, 0.1) is 6.92 Å². The fourth-order valence-corrected chi connectivity index (χ4v) is 2.19. The average Bonchev–Trinajstić information content (AvgIpc) is 2.62. The molecule has 2 rings (SSSR count). The van der Waals surface area contributed by atoms with Gasteiger partial charge in [-0.1, -0.05) is 24.3 Å². The van der Waals surface area contributed by atoms with E-state index in [0.717, 1.165) is 12.0 Å². The average molecular weight is 221 g/mol. The monoisotopic (exact) mass is 221 g/mol.